The third kappa shape index (κ3) is 3.92. The van der Waals surface area contributed by atoms with Crippen LogP contribution in [-0.4, -0.2) is 54.0 Å². The SMILES string of the molecule is N#CCC(=O)N1C[C@@H]2C[C@@H]1[C@H](n1nc(-c3ccc(C(=O)Nc4ccccn4)cc3)c3c(N)ncnc31)C2. The Morgan fingerprint density at radius 3 is 2.62 bits per heavy atom. The number of nitrogen functional groups attached to an aromatic ring is 1. The molecule has 0 radical (unpaired) electrons. The molecule has 3 N–H and O–H groups in total. The highest BCUT2D eigenvalue weighted by Gasteiger charge is 2.48. The van der Waals surface area contributed by atoms with E-state index in [1.165, 1.54) is 6.33 Å². The monoisotopic (exact) mass is 493 g/mol. The highest BCUT2D eigenvalue weighted by molar-refractivity contribution is 6.04. The summed E-state index contributed by atoms with van der Waals surface area (Å²) in [6, 6.07) is 14.2. The Morgan fingerprint density at radius 2 is 1.89 bits per heavy atom. The number of benzene rings is 1. The van der Waals surface area contributed by atoms with E-state index in [1.807, 2.05) is 27.8 Å². The summed E-state index contributed by atoms with van der Waals surface area (Å²) in [7, 11) is 0. The summed E-state index contributed by atoms with van der Waals surface area (Å²) in [4.78, 5) is 39.8. The molecule has 1 saturated heterocycles. The maximum Gasteiger partial charge on any atom is 0.256 e. The molecule has 37 heavy (non-hydrogen) atoms. The van der Waals surface area contributed by atoms with Crippen molar-refractivity contribution in [2.75, 3.05) is 17.6 Å². The van der Waals surface area contributed by atoms with Gasteiger partial charge in [-0.25, -0.2) is 19.6 Å². The van der Waals surface area contributed by atoms with Crippen LogP contribution in [0.1, 0.15) is 35.7 Å². The Hall–Kier alpha value is -4.85. The molecule has 0 spiro atoms. The Bertz CT molecular complexity index is 1540. The van der Waals surface area contributed by atoms with E-state index in [0.717, 1.165) is 18.4 Å². The van der Waals surface area contributed by atoms with Gasteiger partial charge in [0.1, 0.15) is 30.1 Å². The molecule has 4 aromatic rings. The number of fused-ring (bicyclic) bond motifs is 3. The highest BCUT2D eigenvalue weighted by Crippen LogP contribution is 2.46. The van der Waals surface area contributed by atoms with Gasteiger partial charge >= 0.3 is 0 Å². The lowest BCUT2D eigenvalue weighted by Gasteiger charge is -2.33. The molecule has 1 saturated carbocycles. The first-order chi connectivity index (χ1) is 18.0. The van der Waals surface area contributed by atoms with E-state index >= 15 is 0 Å². The van der Waals surface area contributed by atoms with Crippen LogP contribution in [0.25, 0.3) is 22.3 Å². The van der Waals surface area contributed by atoms with Gasteiger partial charge in [-0.05, 0) is 43.0 Å². The minimum Gasteiger partial charge on any atom is -0.383 e. The van der Waals surface area contributed by atoms with Gasteiger partial charge in [0.2, 0.25) is 5.91 Å². The molecule has 3 atom stereocenters. The average molecular weight is 494 g/mol. The molecule has 184 valence electrons. The third-order valence-corrected chi connectivity index (χ3v) is 7.16. The van der Waals surface area contributed by atoms with Gasteiger partial charge in [-0.2, -0.15) is 10.4 Å². The molecule has 11 nitrogen and oxygen atoms in total. The maximum atomic E-state index is 12.6. The molecule has 2 bridgehead atoms. The first-order valence-electron chi connectivity index (χ1n) is 12.0. The van der Waals surface area contributed by atoms with Crippen LogP contribution in [-0.2, 0) is 4.79 Å². The van der Waals surface area contributed by atoms with Crippen LogP contribution in [0.4, 0.5) is 11.6 Å². The highest BCUT2D eigenvalue weighted by atomic mass is 16.2. The summed E-state index contributed by atoms with van der Waals surface area (Å²) >= 11 is 0. The fourth-order valence-electron chi connectivity index (χ4n) is 5.54. The molecule has 2 aliphatic rings. The van der Waals surface area contributed by atoms with Crippen molar-refractivity contribution in [1.82, 2.24) is 29.6 Å². The fraction of sp³-hybridized carbons (Fsp3) is 0.269. The number of nitrogens with two attached hydrogens (primary N) is 1. The van der Waals surface area contributed by atoms with Crippen LogP contribution < -0.4 is 11.1 Å². The molecule has 1 aromatic carbocycles. The van der Waals surface area contributed by atoms with Gasteiger partial charge in [-0.1, -0.05) is 18.2 Å². The molecule has 0 unspecified atom stereocenters. The fourth-order valence-corrected chi connectivity index (χ4v) is 5.54. The zero-order chi connectivity index (χ0) is 25.5. The summed E-state index contributed by atoms with van der Waals surface area (Å²) < 4.78 is 1.86. The molecule has 2 amide bonds. The van der Waals surface area contributed by atoms with Crippen LogP contribution >= 0.6 is 0 Å². The summed E-state index contributed by atoms with van der Waals surface area (Å²) in [5, 5.41) is 17.3. The second-order valence-electron chi connectivity index (χ2n) is 9.35. The number of pyridine rings is 1. The second kappa shape index (κ2) is 8.98. The largest absolute Gasteiger partial charge is 0.383 e. The molecule has 3 aromatic heterocycles. The van der Waals surface area contributed by atoms with Crippen LogP contribution in [0.15, 0.2) is 55.0 Å². The summed E-state index contributed by atoms with van der Waals surface area (Å²) in [6.07, 6.45) is 4.64. The number of aromatic nitrogens is 5. The molecule has 2 fully saturated rings. The lowest BCUT2D eigenvalue weighted by molar-refractivity contribution is -0.132. The number of anilines is 2. The number of nitrogens with zero attached hydrogens (tertiary/aromatic N) is 7. The van der Waals surface area contributed by atoms with E-state index in [2.05, 4.69) is 20.3 Å². The first kappa shape index (κ1) is 22.6. The number of hydrogen-bond acceptors (Lipinski definition) is 8. The van der Waals surface area contributed by atoms with E-state index in [0.29, 0.717) is 46.4 Å². The van der Waals surface area contributed by atoms with Gasteiger partial charge in [0.15, 0.2) is 5.65 Å². The summed E-state index contributed by atoms with van der Waals surface area (Å²) in [5.74, 6) is 0.720. The number of nitrogens with one attached hydrogen (secondary N) is 1. The molecule has 6 rings (SSSR count). The van der Waals surface area contributed by atoms with Gasteiger partial charge in [0.25, 0.3) is 5.91 Å². The Labute approximate surface area is 211 Å². The topological polar surface area (TPSA) is 156 Å². The van der Waals surface area contributed by atoms with Crippen LogP contribution in [0.2, 0.25) is 0 Å². The molecule has 1 aliphatic carbocycles. The second-order valence-corrected chi connectivity index (χ2v) is 9.35. The molecule has 11 heteroatoms. The number of carbonyl (C=O) groups excluding carboxylic acids is 2. The molecular weight excluding hydrogens is 470 g/mol. The van der Waals surface area contributed by atoms with Crippen molar-refractivity contribution in [3.05, 3.63) is 60.6 Å². The number of hydrogen-bond donors (Lipinski definition) is 2. The predicted molar refractivity (Wildman–Crippen MR) is 135 cm³/mol. The van der Waals surface area contributed by atoms with Crippen molar-refractivity contribution in [3.63, 3.8) is 0 Å². The number of rotatable bonds is 5. The smallest absolute Gasteiger partial charge is 0.256 e. The first-order valence-corrected chi connectivity index (χ1v) is 12.0. The van der Waals surface area contributed by atoms with Gasteiger partial charge in [0, 0.05) is 23.9 Å². The van der Waals surface area contributed by atoms with E-state index in [9.17, 15) is 9.59 Å². The number of nitriles is 1. The van der Waals surface area contributed by atoms with Crippen molar-refractivity contribution in [3.8, 4) is 17.3 Å². The van der Waals surface area contributed by atoms with Crippen LogP contribution in [0, 0.1) is 17.2 Å². The van der Waals surface area contributed by atoms with E-state index in [4.69, 9.17) is 16.1 Å². The molecule has 4 heterocycles. The standard InChI is InChI=1S/C26H23N9O2/c27-9-8-21(36)34-13-15-11-18(34)19(12-15)35-25-22(24(28)30-14-31-25)23(33-35)16-4-6-17(7-5-16)26(37)32-20-3-1-2-10-29-20/h1-7,10,14-15,18-19H,8,11-13H2,(H2,28,30,31)(H,29,32,37)/t15-,18-,19-/m1/s1. The quantitative estimate of drug-likeness (QED) is 0.430. The normalized spacial score (nSPS) is 20.2. The van der Waals surface area contributed by atoms with Crippen molar-refractivity contribution in [2.24, 2.45) is 5.92 Å². The number of piperidine rings is 1. The van der Waals surface area contributed by atoms with Gasteiger partial charge in [0.05, 0.1) is 23.5 Å². The summed E-state index contributed by atoms with van der Waals surface area (Å²) in [5.41, 5.74) is 8.74. The number of amides is 2. The van der Waals surface area contributed by atoms with Crippen molar-refractivity contribution in [2.45, 2.75) is 31.3 Å². The number of likely N-dealkylation sites (tertiary alicyclic amines) is 1. The summed E-state index contributed by atoms with van der Waals surface area (Å²) in [6.45, 7) is 0.674. The van der Waals surface area contributed by atoms with E-state index in [-0.39, 0.29) is 30.3 Å². The third-order valence-electron chi connectivity index (χ3n) is 7.16. The Kier molecular flexibility index (Phi) is 5.49. The van der Waals surface area contributed by atoms with Crippen LogP contribution in [0.3, 0.4) is 0 Å². The van der Waals surface area contributed by atoms with Crippen molar-refractivity contribution < 1.29 is 9.59 Å². The van der Waals surface area contributed by atoms with Crippen molar-refractivity contribution in [1.29, 1.82) is 5.26 Å². The van der Waals surface area contributed by atoms with E-state index in [1.54, 1.807) is 36.5 Å². The minimum atomic E-state index is -0.271. The zero-order valence-corrected chi connectivity index (χ0v) is 19.8. The Balaban J connectivity index is 1.33. The van der Waals surface area contributed by atoms with Gasteiger partial charge < -0.3 is 16.0 Å². The van der Waals surface area contributed by atoms with Crippen molar-refractivity contribution >= 4 is 34.5 Å². The van der Waals surface area contributed by atoms with Gasteiger partial charge in [-0.15, -0.1) is 0 Å². The van der Waals surface area contributed by atoms with Crippen LogP contribution in [0.5, 0.6) is 0 Å². The Morgan fingerprint density at radius 1 is 1.08 bits per heavy atom. The molecule has 1 aliphatic heterocycles. The minimum absolute atomic E-state index is 0.0457. The van der Waals surface area contributed by atoms with Gasteiger partial charge in [-0.3, -0.25) is 9.59 Å². The maximum absolute atomic E-state index is 12.6. The lowest BCUT2D eigenvalue weighted by Crippen LogP contribution is -2.43. The molecular formula is C26H23N9O2. The lowest BCUT2D eigenvalue weighted by atomic mass is 10.1. The average Bonchev–Trinajstić information content (AvgIpc) is 3.63. The van der Waals surface area contributed by atoms with E-state index < -0.39 is 0 Å². The zero-order valence-electron chi connectivity index (χ0n) is 19.8. The number of carbonyl (C=O) groups is 2. The predicted octanol–water partition coefficient (Wildman–Crippen LogP) is 2.80.